The lowest BCUT2D eigenvalue weighted by Gasteiger charge is -2.10. The van der Waals surface area contributed by atoms with Gasteiger partial charge in [0, 0.05) is 12.6 Å². The average molecular weight is 248 g/mol. The molecule has 1 atom stereocenters. The Morgan fingerprint density at radius 1 is 1.38 bits per heavy atom. The van der Waals surface area contributed by atoms with Crippen molar-refractivity contribution >= 4 is 17.5 Å². The maximum Gasteiger partial charge on any atom is 0.242 e. The Morgan fingerprint density at radius 3 is 2.44 bits per heavy atom. The molecule has 1 unspecified atom stereocenters. The number of amides is 1. The van der Waals surface area contributed by atoms with Gasteiger partial charge in [0.05, 0.1) is 0 Å². The molecule has 1 N–H and O–H groups in total. The van der Waals surface area contributed by atoms with Gasteiger partial charge in [0.15, 0.2) is 0 Å². The van der Waals surface area contributed by atoms with Gasteiger partial charge < -0.3 is 5.32 Å². The predicted octanol–water partition coefficient (Wildman–Crippen LogP) is 2.77. The highest BCUT2D eigenvalue weighted by Crippen LogP contribution is 2.22. The first kappa shape index (κ1) is 12.9. The van der Waals surface area contributed by atoms with E-state index in [0.717, 1.165) is 24.6 Å². The van der Waals surface area contributed by atoms with Crippen LogP contribution in [0.5, 0.6) is 0 Å². The minimum atomic E-state index is -1.07. The summed E-state index contributed by atoms with van der Waals surface area (Å²) in [5.41, 5.74) is 0.118. The number of hydrogen-bond acceptors (Lipinski definition) is 1. The number of rotatable bonds is 4. The maximum absolute atomic E-state index is 12.9. The van der Waals surface area contributed by atoms with Crippen molar-refractivity contribution in [3.63, 3.8) is 0 Å². The Labute approximate surface area is 97.6 Å². The summed E-state index contributed by atoms with van der Waals surface area (Å²) in [4.78, 5) is 11.4. The van der Waals surface area contributed by atoms with E-state index < -0.39 is 22.9 Å². The Kier molecular flexibility index (Phi) is 4.68. The minimum Gasteiger partial charge on any atom is -0.355 e. The van der Waals surface area contributed by atoms with E-state index in [1.807, 2.05) is 6.92 Å². The SMILES string of the molecule is CCCNC(=O)C(Cl)c1cc(F)cc(F)c1. The van der Waals surface area contributed by atoms with Gasteiger partial charge in [0.25, 0.3) is 0 Å². The molecule has 0 aliphatic heterocycles. The van der Waals surface area contributed by atoms with E-state index >= 15 is 0 Å². The van der Waals surface area contributed by atoms with Gasteiger partial charge in [-0.05, 0) is 24.1 Å². The fourth-order valence-corrected chi connectivity index (χ4v) is 1.41. The molecule has 0 aliphatic carbocycles. The van der Waals surface area contributed by atoms with E-state index in [2.05, 4.69) is 5.32 Å². The molecule has 1 rings (SSSR count). The predicted molar refractivity (Wildman–Crippen MR) is 58.3 cm³/mol. The number of halogens is 3. The first-order valence-corrected chi connectivity index (χ1v) is 5.36. The van der Waals surface area contributed by atoms with E-state index in [9.17, 15) is 13.6 Å². The molecule has 0 fully saturated rings. The Hall–Kier alpha value is -1.16. The van der Waals surface area contributed by atoms with Crippen LogP contribution in [0.1, 0.15) is 24.3 Å². The number of carbonyl (C=O) groups is 1. The molecule has 5 heteroatoms. The zero-order valence-electron chi connectivity index (χ0n) is 8.77. The first-order chi connectivity index (χ1) is 7.54. The fourth-order valence-electron chi connectivity index (χ4n) is 1.21. The summed E-state index contributed by atoms with van der Waals surface area (Å²) in [6.07, 6.45) is 0.771. The highest BCUT2D eigenvalue weighted by atomic mass is 35.5. The highest BCUT2D eigenvalue weighted by molar-refractivity contribution is 6.30. The molecule has 0 saturated heterocycles. The summed E-state index contributed by atoms with van der Waals surface area (Å²) in [7, 11) is 0. The second-order valence-electron chi connectivity index (χ2n) is 3.36. The lowest BCUT2D eigenvalue weighted by Crippen LogP contribution is -2.27. The number of carbonyl (C=O) groups excluding carboxylic acids is 1. The van der Waals surface area contributed by atoms with Crippen molar-refractivity contribution < 1.29 is 13.6 Å². The first-order valence-electron chi connectivity index (χ1n) is 4.92. The Balaban J connectivity index is 2.79. The molecule has 0 bridgehead atoms. The molecular weight excluding hydrogens is 236 g/mol. The topological polar surface area (TPSA) is 29.1 Å². The van der Waals surface area contributed by atoms with Gasteiger partial charge in [0.2, 0.25) is 5.91 Å². The van der Waals surface area contributed by atoms with Gasteiger partial charge in [-0.15, -0.1) is 11.6 Å². The standard InChI is InChI=1S/C11H12ClF2NO/c1-2-3-15-11(16)10(12)7-4-8(13)6-9(14)5-7/h4-6,10H,2-3H2,1H3,(H,15,16). The van der Waals surface area contributed by atoms with Crippen LogP contribution < -0.4 is 5.32 Å². The molecule has 0 saturated carbocycles. The largest absolute Gasteiger partial charge is 0.355 e. The molecule has 1 aromatic carbocycles. The minimum absolute atomic E-state index is 0.118. The molecule has 0 heterocycles. The summed E-state index contributed by atoms with van der Waals surface area (Å²) < 4.78 is 25.7. The Morgan fingerprint density at radius 2 is 1.94 bits per heavy atom. The van der Waals surface area contributed by atoms with Crippen LogP contribution in [0, 0.1) is 11.6 Å². The number of hydrogen-bond donors (Lipinski definition) is 1. The molecule has 0 spiro atoms. The molecule has 2 nitrogen and oxygen atoms in total. The van der Waals surface area contributed by atoms with Crippen molar-refractivity contribution in [2.24, 2.45) is 0 Å². The monoisotopic (exact) mass is 247 g/mol. The number of alkyl halides is 1. The van der Waals surface area contributed by atoms with E-state index in [-0.39, 0.29) is 5.56 Å². The summed E-state index contributed by atoms with van der Waals surface area (Å²) in [6.45, 7) is 2.38. The van der Waals surface area contributed by atoms with Gasteiger partial charge in [-0.1, -0.05) is 6.92 Å². The maximum atomic E-state index is 12.9. The van der Waals surface area contributed by atoms with Crippen molar-refractivity contribution in [1.29, 1.82) is 0 Å². The molecule has 1 amide bonds. The van der Waals surface area contributed by atoms with Crippen LogP contribution in [-0.4, -0.2) is 12.5 Å². The van der Waals surface area contributed by atoms with Crippen LogP contribution in [0.25, 0.3) is 0 Å². The van der Waals surface area contributed by atoms with Crippen LogP contribution in [0.3, 0.4) is 0 Å². The van der Waals surface area contributed by atoms with Gasteiger partial charge in [-0.2, -0.15) is 0 Å². The zero-order valence-corrected chi connectivity index (χ0v) is 9.52. The fraction of sp³-hybridized carbons (Fsp3) is 0.364. The van der Waals surface area contributed by atoms with Gasteiger partial charge in [-0.25, -0.2) is 8.78 Å². The quantitative estimate of drug-likeness (QED) is 0.815. The molecule has 16 heavy (non-hydrogen) atoms. The summed E-state index contributed by atoms with van der Waals surface area (Å²) in [6, 6.07) is 2.83. The third kappa shape index (κ3) is 3.45. The van der Waals surface area contributed by atoms with Gasteiger partial charge >= 0.3 is 0 Å². The highest BCUT2D eigenvalue weighted by Gasteiger charge is 2.18. The van der Waals surface area contributed by atoms with Gasteiger partial charge in [-0.3, -0.25) is 4.79 Å². The van der Waals surface area contributed by atoms with Crippen LogP contribution >= 0.6 is 11.6 Å². The van der Waals surface area contributed by atoms with Crippen LogP contribution in [0.15, 0.2) is 18.2 Å². The molecule has 88 valence electrons. The van der Waals surface area contributed by atoms with E-state index in [1.165, 1.54) is 0 Å². The van der Waals surface area contributed by atoms with Crippen molar-refractivity contribution in [1.82, 2.24) is 5.32 Å². The van der Waals surface area contributed by atoms with E-state index in [1.54, 1.807) is 0 Å². The second kappa shape index (κ2) is 5.80. The van der Waals surface area contributed by atoms with E-state index in [4.69, 9.17) is 11.6 Å². The molecule has 0 aliphatic rings. The lowest BCUT2D eigenvalue weighted by atomic mass is 10.1. The molecular formula is C11H12ClF2NO. The average Bonchev–Trinajstić information content (AvgIpc) is 2.23. The molecule has 1 aromatic rings. The summed E-state index contributed by atoms with van der Waals surface area (Å²) >= 11 is 5.79. The van der Waals surface area contributed by atoms with Crippen molar-refractivity contribution in [2.75, 3.05) is 6.54 Å². The van der Waals surface area contributed by atoms with Crippen LogP contribution in [0.2, 0.25) is 0 Å². The molecule has 0 radical (unpaired) electrons. The van der Waals surface area contributed by atoms with Crippen molar-refractivity contribution in [3.05, 3.63) is 35.4 Å². The third-order valence-electron chi connectivity index (χ3n) is 1.96. The normalized spacial score (nSPS) is 12.2. The number of benzene rings is 1. The van der Waals surface area contributed by atoms with Gasteiger partial charge in [0.1, 0.15) is 17.0 Å². The lowest BCUT2D eigenvalue weighted by molar-refractivity contribution is -0.120. The summed E-state index contributed by atoms with van der Waals surface area (Å²) in [5, 5.41) is 1.48. The third-order valence-corrected chi connectivity index (χ3v) is 2.41. The van der Waals surface area contributed by atoms with Crippen molar-refractivity contribution in [2.45, 2.75) is 18.7 Å². The van der Waals surface area contributed by atoms with Crippen LogP contribution in [-0.2, 0) is 4.79 Å². The van der Waals surface area contributed by atoms with Crippen LogP contribution in [0.4, 0.5) is 8.78 Å². The smallest absolute Gasteiger partial charge is 0.242 e. The van der Waals surface area contributed by atoms with Crippen molar-refractivity contribution in [3.8, 4) is 0 Å². The van der Waals surface area contributed by atoms with E-state index in [0.29, 0.717) is 6.54 Å². The summed E-state index contributed by atoms with van der Waals surface area (Å²) in [5.74, 6) is -1.94. The molecule has 0 aromatic heterocycles. The second-order valence-corrected chi connectivity index (χ2v) is 3.79. The Bertz CT molecular complexity index is 364. The zero-order chi connectivity index (χ0) is 12.1. The number of nitrogens with one attached hydrogen (secondary N) is 1.